The number of rotatable bonds is 5. The Hall–Kier alpha value is -1.23. The third-order valence-electron chi connectivity index (χ3n) is 2.24. The number of aliphatic hydroxyl groups is 1. The summed E-state index contributed by atoms with van der Waals surface area (Å²) in [6.07, 6.45) is 0. The van der Waals surface area contributed by atoms with Gasteiger partial charge in [0.25, 0.3) is 0 Å². The monoisotopic (exact) mass is 373 g/mol. The van der Waals surface area contributed by atoms with Gasteiger partial charge in [0.2, 0.25) is 16.9 Å². The predicted molar refractivity (Wildman–Crippen MR) is 77.2 cm³/mol. The highest BCUT2D eigenvalue weighted by atomic mass is 79.9. The van der Waals surface area contributed by atoms with Gasteiger partial charge in [0.1, 0.15) is 6.61 Å². The maximum absolute atomic E-state index is 8.88. The lowest BCUT2D eigenvalue weighted by molar-refractivity contribution is 0.271. The normalized spacial score (nSPS) is 11.1. The third-order valence-corrected chi connectivity index (χ3v) is 4.76. The van der Waals surface area contributed by atoms with Crippen molar-refractivity contribution in [2.45, 2.75) is 17.5 Å². The minimum absolute atomic E-state index is 0.161. The van der Waals surface area contributed by atoms with Gasteiger partial charge in [-0.2, -0.15) is 4.98 Å². The Bertz CT molecular complexity index is 710. The molecule has 0 aliphatic carbocycles. The van der Waals surface area contributed by atoms with Crippen molar-refractivity contribution in [2.75, 3.05) is 0 Å². The molecule has 2 N–H and O–H groups in total. The molecule has 3 rings (SSSR count). The lowest BCUT2D eigenvalue weighted by atomic mass is 10.4. The Balaban J connectivity index is 1.65. The molecular weight excluding hydrogens is 366 g/mol. The SMILES string of the molecule is OCc1nc(SCc2nc(-c3cc(Br)cs3)no2)n[nH]1. The number of nitrogens with one attached hydrogen (secondary N) is 1. The number of halogens is 1. The van der Waals surface area contributed by atoms with Crippen LogP contribution in [-0.4, -0.2) is 30.4 Å². The number of hydrogen-bond donors (Lipinski definition) is 2. The van der Waals surface area contributed by atoms with E-state index in [-0.39, 0.29) is 6.61 Å². The van der Waals surface area contributed by atoms with Crippen molar-refractivity contribution >= 4 is 39.0 Å². The first-order valence-corrected chi connectivity index (χ1v) is 8.12. The van der Waals surface area contributed by atoms with Crippen LogP contribution in [0.4, 0.5) is 0 Å². The van der Waals surface area contributed by atoms with E-state index in [1.54, 1.807) is 11.3 Å². The van der Waals surface area contributed by atoms with Crippen LogP contribution in [0.3, 0.4) is 0 Å². The Labute approximate surface area is 130 Å². The summed E-state index contributed by atoms with van der Waals surface area (Å²) in [5.41, 5.74) is 0. The summed E-state index contributed by atoms with van der Waals surface area (Å²) < 4.78 is 6.17. The summed E-state index contributed by atoms with van der Waals surface area (Å²) in [4.78, 5) is 9.32. The average molecular weight is 374 g/mol. The number of thioether (sulfide) groups is 1. The van der Waals surface area contributed by atoms with Crippen LogP contribution in [0.15, 0.2) is 25.6 Å². The van der Waals surface area contributed by atoms with E-state index in [9.17, 15) is 0 Å². The molecule has 0 spiro atoms. The zero-order valence-electron chi connectivity index (χ0n) is 9.91. The fourth-order valence-corrected chi connectivity index (χ4v) is 3.39. The standard InChI is InChI=1S/C10H8BrN5O2S2/c11-5-1-6(19-3-5)9-13-8(18-16-9)4-20-10-12-7(2-17)14-15-10/h1,3,17H,2,4H2,(H,12,14,15). The minimum Gasteiger partial charge on any atom is -0.388 e. The first-order valence-electron chi connectivity index (χ1n) is 5.46. The smallest absolute Gasteiger partial charge is 0.237 e. The van der Waals surface area contributed by atoms with E-state index in [4.69, 9.17) is 9.63 Å². The van der Waals surface area contributed by atoms with Crippen molar-refractivity contribution < 1.29 is 9.63 Å². The second-order valence-electron chi connectivity index (χ2n) is 3.65. The van der Waals surface area contributed by atoms with Gasteiger partial charge in [0, 0.05) is 9.85 Å². The predicted octanol–water partition coefficient (Wildman–Crippen LogP) is 2.46. The highest BCUT2D eigenvalue weighted by Gasteiger charge is 2.12. The molecule has 0 radical (unpaired) electrons. The van der Waals surface area contributed by atoms with E-state index in [1.807, 2.05) is 11.4 Å². The number of thiophene rings is 1. The number of H-pyrrole nitrogens is 1. The van der Waals surface area contributed by atoms with Crippen molar-refractivity contribution in [1.29, 1.82) is 0 Å². The van der Waals surface area contributed by atoms with Gasteiger partial charge in [-0.3, -0.25) is 5.10 Å². The quantitative estimate of drug-likeness (QED) is 0.662. The second-order valence-corrected chi connectivity index (χ2v) is 6.42. The number of aromatic nitrogens is 5. The highest BCUT2D eigenvalue weighted by Crippen LogP contribution is 2.28. The summed E-state index contributed by atoms with van der Waals surface area (Å²) in [7, 11) is 0. The molecule has 0 unspecified atom stereocenters. The average Bonchev–Trinajstić information content (AvgIpc) is 3.16. The van der Waals surface area contributed by atoms with Gasteiger partial charge in [-0.1, -0.05) is 16.9 Å². The van der Waals surface area contributed by atoms with E-state index in [2.05, 4.69) is 41.3 Å². The van der Waals surface area contributed by atoms with Crippen molar-refractivity contribution in [1.82, 2.24) is 25.3 Å². The summed E-state index contributed by atoms with van der Waals surface area (Å²) in [5, 5.41) is 21.9. The van der Waals surface area contributed by atoms with Gasteiger partial charge in [-0.25, -0.2) is 4.98 Å². The zero-order chi connectivity index (χ0) is 13.9. The molecule has 3 aromatic heterocycles. The van der Waals surface area contributed by atoms with Crippen LogP contribution in [0.25, 0.3) is 10.7 Å². The fourth-order valence-electron chi connectivity index (χ4n) is 1.38. The third kappa shape index (κ3) is 3.08. The maximum Gasteiger partial charge on any atom is 0.237 e. The molecule has 20 heavy (non-hydrogen) atoms. The summed E-state index contributed by atoms with van der Waals surface area (Å²) in [6.45, 7) is -0.161. The molecule has 0 bridgehead atoms. The van der Waals surface area contributed by atoms with Crippen molar-refractivity contribution in [2.24, 2.45) is 0 Å². The van der Waals surface area contributed by atoms with Crippen molar-refractivity contribution in [3.63, 3.8) is 0 Å². The van der Waals surface area contributed by atoms with Crippen LogP contribution in [0.1, 0.15) is 11.7 Å². The van der Waals surface area contributed by atoms with Crippen LogP contribution < -0.4 is 0 Å². The molecule has 0 atom stereocenters. The largest absolute Gasteiger partial charge is 0.388 e. The molecule has 7 nitrogen and oxygen atoms in total. The minimum atomic E-state index is -0.161. The number of nitrogens with zero attached hydrogens (tertiary/aromatic N) is 4. The lowest BCUT2D eigenvalue weighted by Crippen LogP contribution is -1.85. The second kappa shape index (κ2) is 6.04. The highest BCUT2D eigenvalue weighted by molar-refractivity contribution is 9.10. The van der Waals surface area contributed by atoms with E-state index >= 15 is 0 Å². The van der Waals surface area contributed by atoms with Gasteiger partial charge >= 0.3 is 0 Å². The lowest BCUT2D eigenvalue weighted by Gasteiger charge is -1.89. The maximum atomic E-state index is 8.88. The molecular formula is C10H8BrN5O2S2. The molecule has 0 fully saturated rings. The summed E-state index contributed by atoms with van der Waals surface area (Å²) in [6, 6.07) is 1.94. The number of aromatic amines is 1. The topological polar surface area (TPSA) is 101 Å². The van der Waals surface area contributed by atoms with E-state index in [0.717, 1.165) is 9.35 Å². The number of aliphatic hydroxyl groups excluding tert-OH is 1. The van der Waals surface area contributed by atoms with Crippen molar-refractivity contribution in [3.05, 3.63) is 27.6 Å². The van der Waals surface area contributed by atoms with Crippen LogP contribution >= 0.6 is 39.0 Å². The molecule has 0 aromatic carbocycles. The molecule has 3 heterocycles. The van der Waals surface area contributed by atoms with Gasteiger partial charge in [-0.15, -0.1) is 16.4 Å². The molecule has 10 heteroatoms. The molecule has 0 saturated carbocycles. The molecule has 0 amide bonds. The Morgan fingerprint density at radius 1 is 1.45 bits per heavy atom. The van der Waals surface area contributed by atoms with Crippen LogP contribution in [0.2, 0.25) is 0 Å². The fraction of sp³-hybridized carbons (Fsp3) is 0.200. The van der Waals surface area contributed by atoms with Gasteiger partial charge in [0.05, 0.1) is 10.6 Å². The first-order chi connectivity index (χ1) is 9.74. The molecule has 0 aliphatic rings. The molecule has 0 saturated heterocycles. The van der Waals surface area contributed by atoms with Gasteiger partial charge < -0.3 is 9.63 Å². The molecule has 3 aromatic rings. The Morgan fingerprint density at radius 3 is 3.05 bits per heavy atom. The summed E-state index contributed by atoms with van der Waals surface area (Å²) in [5.74, 6) is 1.98. The first kappa shape index (κ1) is 13.7. The zero-order valence-corrected chi connectivity index (χ0v) is 13.1. The van der Waals surface area contributed by atoms with E-state index in [0.29, 0.717) is 28.4 Å². The number of hydrogen-bond acceptors (Lipinski definition) is 8. The van der Waals surface area contributed by atoms with Crippen molar-refractivity contribution in [3.8, 4) is 10.7 Å². The Kier molecular flexibility index (Phi) is 4.15. The Morgan fingerprint density at radius 2 is 2.35 bits per heavy atom. The van der Waals surface area contributed by atoms with E-state index in [1.165, 1.54) is 11.8 Å². The molecule has 0 aliphatic heterocycles. The van der Waals surface area contributed by atoms with Crippen LogP contribution in [-0.2, 0) is 12.4 Å². The van der Waals surface area contributed by atoms with Crippen LogP contribution in [0.5, 0.6) is 0 Å². The molecule has 104 valence electrons. The van der Waals surface area contributed by atoms with Crippen LogP contribution in [0, 0.1) is 0 Å². The van der Waals surface area contributed by atoms with E-state index < -0.39 is 0 Å². The van der Waals surface area contributed by atoms with Gasteiger partial charge in [-0.05, 0) is 22.0 Å². The summed E-state index contributed by atoms with van der Waals surface area (Å²) >= 11 is 6.28. The van der Waals surface area contributed by atoms with Gasteiger partial charge in [0.15, 0.2) is 5.82 Å².